The first-order valence-electron chi connectivity index (χ1n) is 12.1. The Morgan fingerprint density at radius 3 is 2.54 bits per heavy atom. The quantitative estimate of drug-likeness (QED) is 0.295. The summed E-state index contributed by atoms with van der Waals surface area (Å²) in [6, 6.07) is 15.6. The predicted molar refractivity (Wildman–Crippen MR) is 150 cm³/mol. The molecule has 3 aromatic heterocycles. The number of nitrogens with two attached hydrogens (primary N) is 1. The third-order valence-corrected chi connectivity index (χ3v) is 7.59. The van der Waals surface area contributed by atoms with Crippen molar-refractivity contribution >= 4 is 50.2 Å². The first kappa shape index (κ1) is 24.0. The van der Waals surface area contributed by atoms with Crippen molar-refractivity contribution in [1.82, 2.24) is 24.6 Å². The Morgan fingerprint density at radius 1 is 1.05 bits per heavy atom. The van der Waals surface area contributed by atoms with Gasteiger partial charge in [0.15, 0.2) is 5.65 Å². The monoisotopic (exact) mass is 608 g/mol. The van der Waals surface area contributed by atoms with Gasteiger partial charge >= 0.3 is 5.63 Å². The fourth-order valence-corrected chi connectivity index (χ4v) is 5.69. The molecule has 2 aromatic carbocycles. The first-order valence-corrected chi connectivity index (χ1v) is 13.2. The van der Waals surface area contributed by atoms with Crippen LogP contribution in [0.1, 0.15) is 24.3 Å². The summed E-state index contributed by atoms with van der Waals surface area (Å²) in [6.45, 7) is 6.23. The second-order valence-electron chi connectivity index (χ2n) is 9.13. The molecule has 10 heteroatoms. The minimum absolute atomic E-state index is 0.365. The largest absolute Gasteiger partial charge is 0.424 e. The van der Waals surface area contributed by atoms with E-state index < -0.39 is 6.04 Å². The van der Waals surface area contributed by atoms with E-state index in [-0.39, 0.29) is 5.63 Å². The van der Waals surface area contributed by atoms with Crippen LogP contribution in [0, 0.1) is 3.70 Å². The Balaban J connectivity index is 1.48. The van der Waals surface area contributed by atoms with Gasteiger partial charge in [-0.25, -0.2) is 19.4 Å². The van der Waals surface area contributed by atoms with Crippen molar-refractivity contribution in [2.75, 3.05) is 32.0 Å². The zero-order valence-corrected chi connectivity index (χ0v) is 22.4. The van der Waals surface area contributed by atoms with Gasteiger partial charge in [-0.05, 0) is 46.7 Å². The Bertz CT molecular complexity index is 1660. The van der Waals surface area contributed by atoms with Gasteiger partial charge in [0.05, 0.1) is 24.0 Å². The van der Waals surface area contributed by atoms with Gasteiger partial charge in [0, 0.05) is 30.6 Å². The van der Waals surface area contributed by atoms with E-state index in [2.05, 4.69) is 61.7 Å². The summed E-state index contributed by atoms with van der Waals surface area (Å²) in [5.74, 6) is 0.881. The maximum absolute atomic E-state index is 13.1. The first-order chi connectivity index (χ1) is 18.0. The highest BCUT2D eigenvalue weighted by Crippen LogP contribution is 2.37. The molecule has 1 atom stereocenters. The highest BCUT2D eigenvalue weighted by Gasteiger charge is 2.25. The second-order valence-corrected chi connectivity index (χ2v) is 10.2. The molecule has 188 valence electrons. The molecule has 0 spiro atoms. The van der Waals surface area contributed by atoms with Crippen LogP contribution in [0.3, 0.4) is 0 Å². The SMILES string of the molecule is CC(c1oc(=O)c2ccccc2c1-c1ccc(CN2CCOCC2)cc1)n1nc(I)c2c(N)ncnc21. The summed E-state index contributed by atoms with van der Waals surface area (Å²) < 4.78 is 13.9. The average molecular weight is 608 g/mol. The maximum Gasteiger partial charge on any atom is 0.343 e. The topological polar surface area (TPSA) is 112 Å². The van der Waals surface area contributed by atoms with Gasteiger partial charge in [0.25, 0.3) is 0 Å². The normalized spacial score (nSPS) is 15.4. The van der Waals surface area contributed by atoms with Crippen molar-refractivity contribution in [3.8, 4) is 11.1 Å². The van der Waals surface area contributed by atoms with Crippen LogP contribution < -0.4 is 11.4 Å². The number of anilines is 1. The second kappa shape index (κ2) is 9.84. The molecule has 6 rings (SSSR count). The van der Waals surface area contributed by atoms with Gasteiger partial charge in [-0.1, -0.05) is 42.5 Å². The van der Waals surface area contributed by atoms with Crippen LogP contribution in [0.2, 0.25) is 0 Å². The Kier molecular flexibility index (Phi) is 6.39. The lowest BCUT2D eigenvalue weighted by molar-refractivity contribution is 0.0342. The van der Waals surface area contributed by atoms with Crippen molar-refractivity contribution in [2.24, 2.45) is 0 Å². The molecule has 5 aromatic rings. The molecular weight excluding hydrogens is 583 g/mol. The van der Waals surface area contributed by atoms with Crippen molar-refractivity contribution in [3.05, 3.63) is 80.3 Å². The lowest BCUT2D eigenvalue weighted by Crippen LogP contribution is -2.35. The molecule has 0 saturated carbocycles. The predicted octanol–water partition coefficient (Wildman–Crippen LogP) is 4.23. The maximum atomic E-state index is 13.1. The highest BCUT2D eigenvalue weighted by molar-refractivity contribution is 14.1. The van der Waals surface area contributed by atoms with Crippen molar-refractivity contribution < 1.29 is 9.15 Å². The van der Waals surface area contributed by atoms with E-state index in [1.54, 1.807) is 10.7 Å². The van der Waals surface area contributed by atoms with Crippen LogP contribution in [0.15, 0.2) is 64.1 Å². The van der Waals surface area contributed by atoms with Crippen LogP contribution in [-0.4, -0.2) is 51.0 Å². The van der Waals surface area contributed by atoms with Gasteiger partial charge in [-0.15, -0.1) is 0 Å². The summed E-state index contributed by atoms with van der Waals surface area (Å²) >= 11 is 2.13. The van der Waals surface area contributed by atoms with Gasteiger partial charge in [-0.2, -0.15) is 5.10 Å². The molecule has 1 aliphatic rings. The Morgan fingerprint density at radius 2 is 1.78 bits per heavy atom. The molecule has 0 amide bonds. The number of rotatable bonds is 5. The Hall–Kier alpha value is -3.35. The lowest BCUT2D eigenvalue weighted by Gasteiger charge is -2.26. The number of morpholine rings is 1. The zero-order valence-electron chi connectivity index (χ0n) is 20.2. The van der Waals surface area contributed by atoms with E-state index in [0.717, 1.165) is 49.4 Å². The third kappa shape index (κ3) is 4.38. The summed E-state index contributed by atoms with van der Waals surface area (Å²) in [4.78, 5) is 24.0. The number of nitrogens with zero attached hydrogens (tertiary/aromatic N) is 5. The molecule has 0 aliphatic carbocycles. The number of hydrogen-bond acceptors (Lipinski definition) is 8. The third-order valence-electron chi connectivity index (χ3n) is 6.84. The summed E-state index contributed by atoms with van der Waals surface area (Å²) in [7, 11) is 0. The molecule has 0 radical (unpaired) electrons. The standard InChI is InChI=1S/C27H25IN6O3/c1-16(34-26-22(24(28)32-34)25(29)30-15-31-26)23-21(19-4-2-3-5-20(19)27(35)37-23)18-8-6-17(7-9-18)14-33-10-12-36-13-11-33/h2-9,15-16H,10-14H2,1H3,(H2,29,30,31). The smallest absolute Gasteiger partial charge is 0.343 e. The molecule has 1 saturated heterocycles. The van der Waals surface area contributed by atoms with Gasteiger partial charge in [-0.3, -0.25) is 4.90 Å². The average Bonchev–Trinajstić information content (AvgIpc) is 3.27. The van der Waals surface area contributed by atoms with Crippen molar-refractivity contribution in [3.63, 3.8) is 0 Å². The number of hydrogen-bond donors (Lipinski definition) is 1. The van der Waals surface area contributed by atoms with Crippen LogP contribution in [-0.2, 0) is 11.3 Å². The summed E-state index contributed by atoms with van der Waals surface area (Å²) in [5.41, 5.74) is 9.37. The number of halogens is 1. The number of benzene rings is 2. The molecular formula is C27H25IN6O3. The number of fused-ring (bicyclic) bond motifs is 2. The molecule has 1 aliphatic heterocycles. The van der Waals surface area contributed by atoms with Gasteiger partial charge in [0.2, 0.25) is 0 Å². The molecule has 2 N–H and O–H groups in total. The van der Waals surface area contributed by atoms with Crippen molar-refractivity contribution in [2.45, 2.75) is 19.5 Å². The van der Waals surface area contributed by atoms with Crippen LogP contribution >= 0.6 is 22.6 Å². The molecule has 0 bridgehead atoms. The highest BCUT2D eigenvalue weighted by atomic mass is 127. The fraction of sp³-hybridized carbons (Fsp3) is 0.259. The fourth-order valence-electron chi connectivity index (χ4n) is 4.94. The zero-order chi connectivity index (χ0) is 25.5. The minimum Gasteiger partial charge on any atom is -0.424 e. The van der Waals surface area contributed by atoms with E-state index in [9.17, 15) is 4.79 Å². The summed E-state index contributed by atoms with van der Waals surface area (Å²) in [6.07, 6.45) is 1.42. The minimum atomic E-state index is -0.430. The number of nitrogen functional groups attached to an aromatic ring is 1. The van der Waals surface area contributed by atoms with Crippen LogP contribution in [0.5, 0.6) is 0 Å². The van der Waals surface area contributed by atoms with E-state index in [1.165, 1.54) is 11.9 Å². The Labute approximate surface area is 226 Å². The summed E-state index contributed by atoms with van der Waals surface area (Å²) in [5, 5.41) is 6.75. The molecule has 9 nitrogen and oxygen atoms in total. The lowest BCUT2D eigenvalue weighted by atomic mass is 9.95. The van der Waals surface area contributed by atoms with Gasteiger partial charge < -0.3 is 14.9 Å². The van der Waals surface area contributed by atoms with E-state index in [4.69, 9.17) is 20.0 Å². The van der Waals surface area contributed by atoms with Gasteiger partial charge in [0.1, 0.15) is 27.6 Å². The van der Waals surface area contributed by atoms with E-state index in [1.807, 2.05) is 25.1 Å². The van der Waals surface area contributed by atoms with E-state index in [0.29, 0.717) is 31.7 Å². The van der Waals surface area contributed by atoms with E-state index >= 15 is 0 Å². The van der Waals surface area contributed by atoms with Crippen LogP contribution in [0.4, 0.5) is 5.82 Å². The molecule has 1 fully saturated rings. The number of aromatic nitrogens is 4. The molecule has 37 heavy (non-hydrogen) atoms. The molecule has 4 heterocycles. The number of ether oxygens (including phenoxy) is 1. The van der Waals surface area contributed by atoms with Crippen LogP contribution in [0.25, 0.3) is 32.9 Å². The van der Waals surface area contributed by atoms with Crippen molar-refractivity contribution in [1.29, 1.82) is 0 Å². The molecule has 1 unspecified atom stereocenters.